The minimum Gasteiger partial charge on any atom is -0.364 e. The van der Waals surface area contributed by atoms with Crippen LogP contribution in [-0.2, 0) is 4.84 Å². The summed E-state index contributed by atoms with van der Waals surface area (Å²) in [7, 11) is 0. The molecule has 2 aromatic rings. The number of hydroxylamine groups is 2. The first-order valence-corrected chi connectivity index (χ1v) is 8.21. The van der Waals surface area contributed by atoms with Gasteiger partial charge in [-0.15, -0.1) is 5.06 Å². The van der Waals surface area contributed by atoms with Gasteiger partial charge < -0.3 is 4.84 Å². The number of rotatable bonds is 3. The minimum atomic E-state index is -0.382. The zero-order valence-corrected chi connectivity index (χ0v) is 13.9. The molecule has 0 saturated carbocycles. The quantitative estimate of drug-likeness (QED) is 0.825. The Bertz CT molecular complexity index is 694. The number of halogens is 2. The van der Waals surface area contributed by atoms with Gasteiger partial charge in [-0.25, -0.2) is 4.79 Å². The zero-order valence-electron chi connectivity index (χ0n) is 12.4. The summed E-state index contributed by atoms with van der Waals surface area (Å²) in [5.41, 5.74) is 1.56. The Morgan fingerprint density at radius 3 is 2.87 bits per heavy atom. The maximum atomic E-state index is 12.1. The second-order valence-corrected chi connectivity index (χ2v) is 6.34. The fraction of sp³-hybridized carbons (Fsp3) is 0.294. The number of aromatic nitrogens is 1. The van der Waals surface area contributed by atoms with Crippen LogP contribution < -0.4 is 0 Å². The number of benzene rings is 1. The molecule has 4 nitrogen and oxygen atoms in total. The summed E-state index contributed by atoms with van der Waals surface area (Å²) in [5, 5.41) is 2.81. The van der Waals surface area contributed by atoms with Gasteiger partial charge in [-0.1, -0.05) is 29.3 Å². The van der Waals surface area contributed by atoms with Crippen LogP contribution in [0.25, 0.3) is 0 Å². The molecule has 1 unspecified atom stereocenters. The van der Waals surface area contributed by atoms with Crippen LogP contribution in [-0.4, -0.2) is 29.1 Å². The molecule has 3 rings (SSSR count). The van der Waals surface area contributed by atoms with E-state index in [0.29, 0.717) is 22.2 Å². The minimum absolute atomic E-state index is 0.264. The van der Waals surface area contributed by atoms with Crippen LogP contribution in [0.2, 0.25) is 10.0 Å². The van der Waals surface area contributed by atoms with Gasteiger partial charge in [-0.05, 0) is 42.7 Å². The van der Waals surface area contributed by atoms with Crippen LogP contribution >= 0.6 is 23.2 Å². The van der Waals surface area contributed by atoms with Crippen LogP contribution in [0.1, 0.15) is 34.7 Å². The highest BCUT2D eigenvalue weighted by molar-refractivity contribution is 6.42. The number of hydrogen-bond donors (Lipinski definition) is 0. The second-order valence-electron chi connectivity index (χ2n) is 5.52. The van der Waals surface area contributed by atoms with E-state index < -0.39 is 0 Å². The molecule has 0 aliphatic carbocycles. The molecule has 0 radical (unpaired) electrons. The van der Waals surface area contributed by atoms with Crippen molar-refractivity contribution in [2.24, 2.45) is 0 Å². The first-order valence-electron chi connectivity index (χ1n) is 7.45. The van der Waals surface area contributed by atoms with Crippen molar-refractivity contribution in [3.8, 4) is 0 Å². The third kappa shape index (κ3) is 4.02. The van der Waals surface area contributed by atoms with Crippen LogP contribution in [0.5, 0.6) is 0 Å². The summed E-state index contributed by atoms with van der Waals surface area (Å²) in [4.78, 5) is 21.5. The van der Waals surface area contributed by atoms with Gasteiger partial charge in [-0.2, -0.15) is 0 Å². The third-order valence-corrected chi connectivity index (χ3v) is 4.65. The van der Waals surface area contributed by atoms with Gasteiger partial charge in [0.2, 0.25) is 0 Å². The van der Waals surface area contributed by atoms with E-state index in [4.69, 9.17) is 28.0 Å². The molecule has 0 N–H and O–H groups in total. The molecule has 2 heterocycles. The van der Waals surface area contributed by atoms with E-state index in [1.165, 1.54) is 6.20 Å². The number of hydrogen-bond acceptors (Lipinski definition) is 4. The van der Waals surface area contributed by atoms with Crippen molar-refractivity contribution >= 4 is 29.2 Å². The summed E-state index contributed by atoms with van der Waals surface area (Å²) in [6, 6.07) is 9.08. The van der Waals surface area contributed by atoms with E-state index >= 15 is 0 Å². The Morgan fingerprint density at radius 1 is 1.26 bits per heavy atom. The van der Waals surface area contributed by atoms with Crippen molar-refractivity contribution in [1.29, 1.82) is 0 Å². The van der Waals surface area contributed by atoms with Gasteiger partial charge in [0.15, 0.2) is 0 Å². The summed E-state index contributed by atoms with van der Waals surface area (Å²) >= 11 is 12.1. The summed E-state index contributed by atoms with van der Waals surface area (Å²) in [6.45, 7) is 1.37. The van der Waals surface area contributed by atoms with Crippen LogP contribution in [0.3, 0.4) is 0 Å². The van der Waals surface area contributed by atoms with E-state index in [2.05, 4.69) is 4.98 Å². The van der Waals surface area contributed by atoms with E-state index in [1.54, 1.807) is 29.5 Å². The Kier molecular flexibility index (Phi) is 5.16. The SMILES string of the molecule is O=C(ON1CCCC(c2ccc(Cl)c(Cl)c2)C1)c1cccnc1. The van der Waals surface area contributed by atoms with Crippen LogP contribution in [0, 0.1) is 0 Å². The maximum absolute atomic E-state index is 12.1. The Morgan fingerprint density at radius 2 is 2.13 bits per heavy atom. The summed E-state index contributed by atoms with van der Waals surface area (Å²) in [6.07, 6.45) is 5.10. The summed E-state index contributed by atoms with van der Waals surface area (Å²) in [5.74, 6) is -0.117. The van der Waals surface area contributed by atoms with Crippen molar-refractivity contribution in [3.05, 3.63) is 63.9 Å². The average molecular weight is 351 g/mol. The number of carbonyl (C=O) groups excluding carboxylic acids is 1. The van der Waals surface area contributed by atoms with Gasteiger partial charge in [0.1, 0.15) is 0 Å². The van der Waals surface area contributed by atoms with Crippen molar-refractivity contribution < 1.29 is 9.63 Å². The predicted molar refractivity (Wildman–Crippen MR) is 89.7 cm³/mol. The highest BCUT2D eigenvalue weighted by Gasteiger charge is 2.25. The molecule has 120 valence electrons. The van der Waals surface area contributed by atoms with Crippen molar-refractivity contribution in [2.75, 3.05) is 13.1 Å². The number of nitrogens with zero attached hydrogens (tertiary/aromatic N) is 2. The van der Waals surface area contributed by atoms with Gasteiger partial charge >= 0.3 is 5.97 Å². The fourth-order valence-electron chi connectivity index (χ4n) is 2.72. The molecule has 0 bridgehead atoms. The van der Waals surface area contributed by atoms with Gasteiger partial charge in [0, 0.05) is 31.4 Å². The molecule has 0 amide bonds. The molecule has 23 heavy (non-hydrogen) atoms. The normalized spacial score (nSPS) is 18.6. The highest BCUT2D eigenvalue weighted by atomic mass is 35.5. The molecule has 0 spiro atoms. The standard InChI is InChI=1S/C17H16Cl2N2O2/c18-15-6-5-12(9-16(15)19)14-4-2-8-21(11-14)23-17(22)13-3-1-7-20-10-13/h1,3,5-7,9-10,14H,2,4,8,11H2. The van der Waals surface area contributed by atoms with Gasteiger partial charge in [0.25, 0.3) is 0 Å². The molecule has 1 aromatic carbocycles. The zero-order chi connectivity index (χ0) is 16.2. The molecule has 1 atom stereocenters. The smallest absolute Gasteiger partial charge is 0.358 e. The predicted octanol–water partition coefficient (Wildman–Crippen LogP) is 4.34. The van der Waals surface area contributed by atoms with E-state index in [0.717, 1.165) is 24.9 Å². The third-order valence-electron chi connectivity index (χ3n) is 3.91. The Labute approximate surface area is 144 Å². The first-order chi connectivity index (χ1) is 11.1. The van der Waals surface area contributed by atoms with E-state index in [1.807, 2.05) is 12.1 Å². The highest BCUT2D eigenvalue weighted by Crippen LogP contribution is 2.31. The fourth-order valence-corrected chi connectivity index (χ4v) is 3.02. The van der Waals surface area contributed by atoms with Crippen molar-refractivity contribution in [3.63, 3.8) is 0 Å². The maximum Gasteiger partial charge on any atom is 0.358 e. The molecule has 1 aliphatic heterocycles. The lowest BCUT2D eigenvalue weighted by Crippen LogP contribution is -2.36. The molecule has 1 saturated heterocycles. The molecule has 1 fully saturated rings. The lowest BCUT2D eigenvalue weighted by Gasteiger charge is -2.31. The summed E-state index contributed by atoms with van der Waals surface area (Å²) < 4.78 is 0. The topological polar surface area (TPSA) is 42.4 Å². The number of piperidine rings is 1. The van der Waals surface area contributed by atoms with Crippen LogP contribution in [0.15, 0.2) is 42.7 Å². The van der Waals surface area contributed by atoms with Gasteiger partial charge in [-0.3, -0.25) is 4.98 Å². The van der Waals surface area contributed by atoms with E-state index in [-0.39, 0.29) is 11.9 Å². The second kappa shape index (κ2) is 7.30. The van der Waals surface area contributed by atoms with E-state index in [9.17, 15) is 4.79 Å². The number of carbonyl (C=O) groups is 1. The lowest BCUT2D eigenvalue weighted by molar-refractivity contribution is -0.123. The molecule has 6 heteroatoms. The Balaban J connectivity index is 1.66. The lowest BCUT2D eigenvalue weighted by atomic mass is 9.91. The largest absolute Gasteiger partial charge is 0.364 e. The monoisotopic (exact) mass is 350 g/mol. The number of pyridine rings is 1. The molecule has 1 aromatic heterocycles. The van der Waals surface area contributed by atoms with Crippen molar-refractivity contribution in [2.45, 2.75) is 18.8 Å². The van der Waals surface area contributed by atoms with Crippen molar-refractivity contribution in [1.82, 2.24) is 10.0 Å². The molecule has 1 aliphatic rings. The molecular formula is C17H16Cl2N2O2. The first kappa shape index (κ1) is 16.2. The molecular weight excluding hydrogens is 335 g/mol. The Hall–Kier alpha value is -1.62. The average Bonchev–Trinajstić information content (AvgIpc) is 2.58. The van der Waals surface area contributed by atoms with Crippen LogP contribution in [0.4, 0.5) is 0 Å². The van der Waals surface area contributed by atoms with Gasteiger partial charge in [0.05, 0.1) is 15.6 Å².